The first kappa shape index (κ1) is 26.1. The number of hydrogen-bond acceptors (Lipinski definition) is 1. The monoisotopic (exact) mass is 409 g/mol. The fraction of sp³-hybridized carbons (Fsp3) is 1.00. The van der Waals surface area contributed by atoms with Crippen molar-refractivity contribution in [3.63, 3.8) is 0 Å². The van der Waals surface area contributed by atoms with Gasteiger partial charge in [-0.05, 0) is 26.8 Å². The Morgan fingerprint density at radius 3 is 1.13 bits per heavy atom. The molecule has 0 spiro atoms. The predicted molar refractivity (Wildman–Crippen MR) is 116 cm³/mol. The Kier molecular flexibility index (Phi) is 26.0. The van der Waals surface area contributed by atoms with Gasteiger partial charge >= 0.3 is 0 Å². The number of nitrogens with two attached hydrogens (primary N) is 1. The molecule has 1 nitrogen and oxygen atoms in total. The van der Waals surface area contributed by atoms with Crippen LogP contribution < -0.4 is 5.50 Å². The van der Waals surface area contributed by atoms with E-state index in [4.69, 9.17) is 5.50 Å². The molecule has 1 atom stereocenters. The van der Waals surface area contributed by atoms with Crippen LogP contribution in [0.5, 0.6) is 0 Å². The number of hydrogen-bond donors (Lipinski definition) is 1. The van der Waals surface area contributed by atoms with Crippen LogP contribution in [-0.4, -0.2) is 12.3 Å². The third-order valence-electron chi connectivity index (χ3n) is 4.71. The summed E-state index contributed by atoms with van der Waals surface area (Å²) < 4.78 is 0. The number of halogens is 1. The van der Waals surface area contributed by atoms with Crippen LogP contribution in [-0.2, 0) is 0 Å². The summed E-state index contributed by atoms with van der Waals surface area (Å²) in [6, 6.07) is 0. The van der Waals surface area contributed by atoms with Crippen molar-refractivity contribution >= 4 is 25.1 Å². The van der Waals surface area contributed by atoms with E-state index in [9.17, 15) is 0 Å². The van der Waals surface area contributed by atoms with Crippen molar-refractivity contribution in [2.75, 3.05) is 12.3 Å². The molecule has 0 saturated carbocycles. The van der Waals surface area contributed by atoms with Crippen molar-refractivity contribution in [1.82, 2.24) is 0 Å². The molecular formula is C20H45BrNP. The smallest absolute Gasteiger partial charge is 0.0197 e. The molecule has 0 aromatic rings. The molecule has 0 heterocycles. The second kappa shape index (κ2) is 22.9. The Morgan fingerprint density at radius 2 is 0.826 bits per heavy atom. The largest absolute Gasteiger partial charge is 0.310 e. The molecule has 0 saturated heterocycles. The van der Waals surface area contributed by atoms with Gasteiger partial charge in [-0.15, -0.1) is 17.0 Å². The molecule has 0 rings (SSSR count). The topological polar surface area (TPSA) is 26.0 Å². The molecule has 1 unspecified atom stereocenters. The van der Waals surface area contributed by atoms with E-state index in [-0.39, 0.29) is 25.1 Å². The first-order valence-corrected chi connectivity index (χ1v) is 12.1. The molecule has 23 heavy (non-hydrogen) atoms. The summed E-state index contributed by atoms with van der Waals surface area (Å²) in [4.78, 5) is 0. The molecule has 0 fully saturated rings. The molecule has 0 aliphatic rings. The van der Waals surface area contributed by atoms with E-state index < -0.39 is 0 Å². The Morgan fingerprint density at radius 1 is 0.522 bits per heavy atom. The fourth-order valence-corrected chi connectivity index (χ4v) is 3.97. The molecule has 0 aliphatic carbocycles. The van der Waals surface area contributed by atoms with E-state index in [1.807, 2.05) is 0 Å². The molecule has 0 aromatic carbocycles. The fourth-order valence-electron chi connectivity index (χ4n) is 3.02. The van der Waals surface area contributed by atoms with Gasteiger partial charge in [-0.1, -0.05) is 110 Å². The summed E-state index contributed by atoms with van der Waals surface area (Å²) in [6.07, 6.45) is 25.7. The predicted octanol–water partition coefficient (Wildman–Crippen LogP) is 8.20. The van der Waals surface area contributed by atoms with Gasteiger partial charge in [-0.2, -0.15) is 0 Å². The third kappa shape index (κ3) is 22.9. The van der Waals surface area contributed by atoms with Gasteiger partial charge in [0.1, 0.15) is 0 Å². The Bertz CT molecular complexity index is 202. The van der Waals surface area contributed by atoms with Crippen molar-refractivity contribution in [2.45, 2.75) is 117 Å². The minimum absolute atomic E-state index is 0. The second-order valence-corrected chi connectivity index (χ2v) is 9.19. The van der Waals surface area contributed by atoms with Crippen LogP contribution in [0.1, 0.15) is 117 Å². The lowest BCUT2D eigenvalue weighted by atomic mass is 10.0. The molecule has 0 aromatic heterocycles. The summed E-state index contributed by atoms with van der Waals surface area (Å²) in [5.41, 5.74) is 6.00. The van der Waals surface area contributed by atoms with Gasteiger partial charge in [0, 0.05) is 0 Å². The summed E-state index contributed by atoms with van der Waals surface area (Å²) in [6.45, 7) is 4.51. The highest BCUT2D eigenvalue weighted by Gasteiger charge is 1.98. The maximum absolute atomic E-state index is 6.00. The van der Waals surface area contributed by atoms with Gasteiger partial charge in [0.05, 0.1) is 0 Å². The maximum Gasteiger partial charge on any atom is -0.0197 e. The lowest BCUT2D eigenvalue weighted by molar-refractivity contribution is 0.531. The molecular weight excluding hydrogens is 365 g/mol. The van der Waals surface area contributed by atoms with E-state index in [1.54, 1.807) is 0 Å². The summed E-state index contributed by atoms with van der Waals surface area (Å²) >= 11 is 0. The van der Waals surface area contributed by atoms with Crippen LogP contribution in [0, 0.1) is 0 Å². The van der Waals surface area contributed by atoms with Crippen molar-refractivity contribution in [3.8, 4) is 0 Å². The van der Waals surface area contributed by atoms with Gasteiger partial charge < -0.3 is 5.50 Å². The number of unbranched alkanes of at least 4 members (excludes halogenated alkanes) is 15. The summed E-state index contributed by atoms with van der Waals surface area (Å²) in [7, 11) is -0.121. The van der Waals surface area contributed by atoms with Crippen LogP contribution in [0.2, 0.25) is 0 Å². The van der Waals surface area contributed by atoms with E-state index in [2.05, 4.69) is 13.8 Å². The van der Waals surface area contributed by atoms with Crippen LogP contribution in [0.25, 0.3) is 0 Å². The maximum atomic E-state index is 6.00. The van der Waals surface area contributed by atoms with Crippen LogP contribution in [0.3, 0.4) is 0 Å². The Hall–Kier alpha value is 0.870. The third-order valence-corrected chi connectivity index (χ3v) is 6.41. The van der Waals surface area contributed by atoms with Gasteiger partial charge in [0.15, 0.2) is 0 Å². The van der Waals surface area contributed by atoms with Gasteiger partial charge in [0.2, 0.25) is 0 Å². The summed E-state index contributed by atoms with van der Waals surface area (Å²) in [5, 5.41) is 0. The molecule has 0 aliphatic heterocycles. The van der Waals surface area contributed by atoms with Crippen molar-refractivity contribution in [3.05, 3.63) is 0 Å². The second-order valence-electron chi connectivity index (χ2n) is 6.93. The lowest BCUT2D eigenvalue weighted by Gasteiger charge is -2.08. The van der Waals surface area contributed by atoms with Crippen LogP contribution >= 0.6 is 25.1 Å². The highest BCUT2D eigenvalue weighted by Crippen LogP contribution is 2.26. The average molecular weight is 410 g/mol. The molecule has 2 N–H and O–H groups in total. The SMILES string of the molecule is Br.CCCCCCCCCCCCCCCCCCP(N)CC. The average Bonchev–Trinajstić information content (AvgIpc) is 2.54. The zero-order chi connectivity index (χ0) is 16.3. The van der Waals surface area contributed by atoms with Crippen molar-refractivity contribution < 1.29 is 0 Å². The molecule has 0 radical (unpaired) electrons. The standard InChI is InChI=1S/C20H44NP.BrH/c1-3-5-6-7-8-9-10-11-12-13-14-15-16-17-18-19-20-22(21)4-2;/h3-21H2,1-2H3;1H. The van der Waals surface area contributed by atoms with E-state index in [0.717, 1.165) is 0 Å². The molecule has 3 heteroatoms. The normalized spacial score (nSPS) is 12.1. The summed E-state index contributed by atoms with van der Waals surface area (Å²) in [5.74, 6) is 0. The minimum Gasteiger partial charge on any atom is -0.310 e. The van der Waals surface area contributed by atoms with E-state index in [1.165, 1.54) is 115 Å². The van der Waals surface area contributed by atoms with Crippen molar-refractivity contribution in [1.29, 1.82) is 0 Å². The zero-order valence-corrected chi connectivity index (χ0v) is 18.8. The zero-order valence-electron chi connectivity index (χ0n) is 16.2. The molecule has 0 amide bonds. The Labute approximate surface area is 159 Å². The first-order valence-electron chi connectivity index (χ1n) is 10.3. The van der Waals surface area contributed by atoms with Crippen LogP contribution in [0.4, 0.5) is 0 Å². The minimum atomic E-state index is -0.121. The van der Waals surface area contributed by atoms with Gasteiger partial charge in [-0.25, -0.2) is 0 Å². The Balaban J connectivity index is 0. The molecule has 0 bridgehead atoms. The lowest BCUT2D eigenvalue weighted by Crippen LogP contribution is -1.96. The highest BCUT2D eigenvalue weighted by atomic mass is 79.9. The van der Waals surface area contributed by atoms with Gasteiger partial charge in [-0.3, -0.25) is 0 Å². The number of rotatable bonds is 18. The van der Waals surface area contributed by atoms with Crippen molar-refractivity contribution in [2.24, 2.45) is 5.50 Å². The van der Waals surface area contributed by atoms with Gasteiger partial charge in [0.25, 0.3) is 0 Å². The van der Waals surface area contributed by atoms with Crippen LogP contribution in [0.15, 0.2) is 0 Å². The highest BCUT2D eigenvalue weighted by molar-refractivity contribution is 8.93. The van der Waals surface area contributed by atoms with E-state index >= 15 is 0 Å². The molecule has 142 valence electrons. The van der Waals surface area contributed by atoms with E-state index in [0.29, 0.717) is 0 Å². The first-order chi connectivity index (χ1) is 10.8. The quantitative estimate of drug-likeness (QED) is 0.179.